The highest BCUT2D eigenvalue weighted by Gasteiger charge is 2.46. The second kappa shape index (κ2) is 5.44. The minimum atomic E-state index is -0.830. The van der Waals surface area contributed by atoms with Gasteiger partial charge in [-0.05, 0) is 33.6 Å². The number of carboxylic acid groups (broad SMARTS) is 1. The molecule has 2 saturated heterocycles. The molecule has 2 fully saturated rings. The average Bonchev–Trinajstić information content (AvgIpc) is 2.71. The molecule has 0 aliphatic carbocycles. The van der Waals surface area contributed by atoms with E-state index in [-0.39, 0.29) is 11.0 Å². The van der Waals surface area contributed by atoms with Crippen molar-refractivity contribution in [3.63, 3.8) is 0 Å². The van der Waals surface area contributed by atoms with E-state index < -0.39 is 17.6 Å². The number of thioether (sulfide) groups is 1. The minimum absolute atomic E-state index is 0.322. The SMILES string of the molecule is CC(C)(C)OC(=O)N1CCCC2(C1)N[C@@H](C(=O)O)CS2. The van der Waals surface area contributed by atoms with Crippen LogP contribution in [0.5, 0.6) is 0 Å². The van der Waals surface area contributed by atoms with Crippen LogP contribution in [-0.4, -0.2) is 57.4 Å². The van der Waals surface area contributed by atoms with E-state index in [0.29, 0.717) is 18.8 Å². The molecule has 0 bridgehead atoms. The van der Waals surface area contributed by atoms with Crippen molar-refractivity contribution in [1.29, 1.82) is 0 Å². The Hall–Kier alpha value is -0.950. The number of piperidine rings is 1. The van der Waals surface area contributed by atoms with Crippen molar-refractivity contribution in [3.05, 3.63) is 0 Å². The Morgan fingerprint density at radius 1 is 1.45 bits per heavy atom. The number of carbonyl (C=O) groups excluding carboxylic acids is 1. The zero-order valence-electron chi connectivity index (χ0n) is 12.1. The van der Waals surface area contributed by atoms with Gasteiger partial charge in [-0.3, -0.25) is 10.1 Å². The molecule has 20 heavy (non-hydrogen) atoms. The summed E-state index contributed by atoms with van der Waals surface area (Å²) in [6.07, 6.45) is 1.41. The number of hydrogen-bond donors (Lipinski definition) is 2. The van der Waals surface area contributed by atoms with Crippen molar-refractivity contribution < 1.29 is 19.4 Å². The number of nitrogens with one attached hydrogen (secondary N) is 1. The van der Waals surface area contributed by atoms with Gasteiger partial charge in [0.15, 0.2) is 0 Å². The summed E-state index contributed by atoms with van der Waals surface area (Å²) >= 11 is 1.60. The molecule has 0 aromatic heterocycles. The van der Waals surface area contributed by atoms with Gasteiger partial charge in [-0.15, -0.1) is 11.8 Å². The lowest BCUT2D eigenvalue weighted by Gasteiger charge is -2.40. The van der Waals surface area contributed by atoms with Gasteiger partial charge in [-0.25, -0.2) is 4.79 Å². The average molecular weight is 302 g/mol. The van der Waals surface area contributed by atoms with Crippen molar-refractivity contribution in [2.24, 2.45) is 0 Å². The molecule has 0 saturated carbocycles. The molecule has 2 aliphatic heterocycles. The van der Waals surface area contributed by atoms with Crippen molar-refractivity contribution in [3.8, 4) is 0 Å². The molecule has 1 unspecified atom stereocenters. The van der Waals surface area contributed by atoms with E-state index in [1.54, 1.807) is 16.7 Å². The number of hydrogen-bond acceptors (Lipinski definition) is 5. The first kappa shape index (κ1) is 15.4. The first-order chi connectivity index (χ1) is 9.21. The van der Waals surface area contributed by atoms with Crippen LogP contribution in [0, 0.1) is 0 Å². The molecular weight excluding hydrogens is 280 g/mol. The molecule has 0 radical (unpaired) electrons. The second-order valence-corrected chi connectivity index (χ2v) is 7.75. The first-order valence-electron chi connectivity index (χ1n) is 6.83. The quantitative estimate of drug-likeness (QED) is 0.764. The fourth-order valence-electron chi connectivity index (χ4n) is 2.52. The molecular formula is C13H22N2O4S. The maximum atomic E-state index is 12.1. The van der Waals surface area contributed by atoms with Gasteiger partial charge < -0.3 is 14.7 Å². The Kier molecular flexibility index (Phi) is 4.20. The lowest BCUT2D eigenvalue weighted by atomic mass is 10.0. The van der Waals surface area contributed by atoms with Gasteiger partial charge in [-0.1, -0.05) is 0 Å². The van der Waals surface area contributed by atoms with Crippen LogP contribution < -0.4 is 5.32 Å². The first-order valence-corrected chi connectivity index (χ1v) is 7.82. The summed E-state index contributed by atoms with van der Waals surface area (Å²) in [5, 5.41) is 12.2. The standard InChI is InChI=1S/C13H22N2O4S/c1-12(2,3)19-11(18)15-6-4-5-13(8-15)14-9(7-20-13)10(16)17/h9,14H,4-8H2,1-3H3,(H,16,17)/t9-,13?/m1/s1. The number of carbonyl (C=O) groups is 2. The Morgan fingerprint density at radius 2 is 2.15 bits per heavy atom. The van der Waals surface area contributed by atoms with Crippen LogP contribution in [0.2, 0.25) is 0 Å². The summed E-state index contributed by atoms with van der Waals surface area (Å²) in [5.41, 5.74) is -0.512. The lowest BCUT2D eigenvalue weighted by Crippen LogP contribution is -2.56. The molecule has 6 nitrogen and oxygen atoms in total. The van der Waals surface area contributed by atoms with Crippen molar-refractivity contribution in [1.82, 2.24) is 10.2 Å². The van der Waals surface area contributed by atoms with Gasteiger partial charge in [-0.2, -0.15) is 0 Å². The molecule has 2 heterocycles. The van der Waals surface area contributed by atoms with Crippen molar-refractivity contribution in [2.75, 3.05) is 18.8 Å². The van der Waals surface area contributed by atoms with Gasteiger partial charge in [0.1, 0.15) is 11.6 Å². The third-order valence-corrected chi connectivity index (χ3v) is 4.87. The smallest absolute Gasteiger partial charge is 0.410 e. The number of ether oxygens (including phenoxy) is 1. The monoisotopic (exact) mass is 302 g/mol. The van der Waals surface area contributed by atoms with Crippen LogP contribution in [0.3, 0.4) is 0 Å². The molecule has 1 spiro atoms. The maximum Gasteiger partial charge on any atom is 0.410 e. The second-order valence-electron chi connectivity index (χ2n) is 6.35. The molecule has 0 aromatic carbocycles. The number of likely N-dealkylation sites (tertiary alicyclic amines) is 1. The van der Waals surface area contributed by atoms with Crippen LogP contribution in [0.1, 0.15) is 33.6 Å². The third kappa shape index (κ3) is 3.58. The molecule has 2 N–H and O–H groups in total. The number of nitrogens with zero attached hydrogens (tertiary/aromatic N) is 1. The molecule has 2 atom stereocenters. The van der Waals surface area contributed by atoms with Gasteiger partial charge in [0, 0.05) is 12.3 Å². The van der Waals surface area contributed by atoms with Gasteiger partial charge in [0.2, 0.25) is 0 Å². The fourth-order valence-corrected chi connectivity index (χ4v) is 3.99. The van der Waals surface area contributed by atoms with Gasteiger partial charge in [0.05, 0.1) is 11.4 Å². The molecule has 2 aliphatic rings. The predicted octanol–water partition coefficient (Wildman–Crippen LogP) is 1.50. The minimum Gasteiger partial charge on any atom is -0.480 e. The zero-order chi connectivity index (χ0) is 15.0. The van der Waals surface area contributed by atoms with E-state index in [2.05, 4.69) is 5.32 Å². The Balaban J connectivity index is 1.99. The van der Waals surface area contributed by atoms with Crippen LogP contribution in [-0.2, 0) is 9.53 Å². The highest BCUT2D eigenvalue weighted by Crippen LogP contribution is 2.38. The summed E-state index contributed by atoms with van der Waals surface area (Å²) in [4.78, 5) is 24.5. The summed E-state index contributed by atoms with van der Waals surface area (Å²) in [6, 6.07) is -0.529. The summed E-state index contributed by atoms with van der Waals surface area (Å²) in [7, 11) is 0. The highest BCUT2D eigenvalue weighted by atomic mass is 32.2. The Bertz CT molecular complexity index is 410. The van der Waals surface area contributed by atoms with Crippen molar-refractivity contribution in [2.45, 2.75) is 50.1 Å². The number of rotatable bonds is 1. The van der Waals surface area contributed by atoms with E-state index in [0.717, 1.165) is 12.8 Å². The topological polar surface area (TPSA) is 78.9 Å². The third-order valence-electron chi connectivity index (χ3n) is 3.37. The molecule has 1 amide bonds. The van der Waals surface area contributed by atoms with E-state index >= 15 is 0 Å². The molecule has 114 valence electrons. The van der Waals surface area contributed by atoms with Crippen LogP contribution >= 0.6 is 11.8 Å². The molecule has 0 aromatic rings. The number of carboxylic acids is 1. The van der Waals surface area contributed by atoms with Crippen LogP contribution in [0.25, 0.3) is 0 Å². The Morgan fingerprint density at radius 3 is 2.70 bits per heavy atom. The zero-order valence-corrected chi connectivity index (χ0v) is 13.0. The van der Waals surface area contributed by atoms with Crippen LogP contribution in [0.4, 0.5) is 4.79 Å². The number of aliphatic carboxylic acids is 1. The largest absolute Gasteiger partial charge is 0.480 e. The lowest BCUT2D eigenvalue weighted by molar-refractivity contribution is -0.139. The molecule has 7 heteroatoms. The normalized spacial score (nSPS) is 30.6. The summed E-state index contributed by atoms with van der Waals surface area (Å²) < 4.78 is 5.39. The van der Waals surface area contributed by atoms with E-state index in [9.17, 15) is 9.59 Å². The van der Waals surface area contributed by atoms with E-state index in [1.807, 2.05) is 20.8 Å². The highest BCUT2D eigenvalue weighted by molar-refractivity contribution is 8.01. The Labute approximate surface area is 123 Å². The van der Waals surface area contributed by atoms with Gasteiger partial charge in [0.25, 0.3) is 0 Å². The fraction of sp³-hybridized carbons (Fsp3) is 0.846. The van der Waals surface area contributed by atoms with Crippen molar-refractivity contribution >= 4 is 23.8 Å². The maximum absolute atomic E-state index is 12.1. The summed E-state index contributed by atoms with van der Waals surface area (Å²) in [6.45, 7) is 6.68. The predicted molar refractivity (Wildman–Crippen MR) is 76.8 cm³/mol. The van der Waals surface area contributed by atoms with E-state index in [4.69, 9.17) is 9.84 Å². The van der Waals surface area contributed by atoms with E-state index in [1.165, 1.54) is 0 Å². The number of amides is 1. The van der Waals surface area contributed by atoms with Crippen LogP contribution in [0.15, 0.2) is 0 Å². The molecule has 2 rings (SSSR count). The van der Waals surface area contributed by atoms with Gasteiger partial charge >= 0.3 is 12.1 Å². The summed E-state index contributed by atoms with van der Waals surface area (Å²) in [5.74, 6) is -0.291.